The van der Waals surface area contributed by atoms with Crippen LogP contribution in [0.25, 0.3) is 55.3 Å². The van der Waals surface area contributed by atoms with Crippen LogP contribution in [0.2, 0.25) is 0 Å². The molecule has 0 bridgehead atoms. The van der Waals surface area contributed by atoms with Crippen LogP contribution in [-0.4, -0.2) is 6.85 Å². The zero-order valence-electron chi connectivity index (χ0n) is 33.8. The predicted molar refractivity (Wildman–Crippen MR) is 259 cm³/mol. The van der Waals surface area contributed by atoms with E-state index in [4.69, 9.17) is 0 Å². The summed E-state index contributed by atoms with van der Waals surface area (Å²) in [4.78, 5) is 5.32. The molecule has 3 heteroatoms. The van der Waals surface area contributed by atoms with Crippen molar-refractivity contribution in [2.75, 3.05) is 9.71 Å². The van der Waals surface area contributed by atoms with Gasteiger partial charge < -0.3 is 9.71 Å². The minimum Gasteiger partial charge on any atom is -0.376 e. The normalized spacial score (nSPS) is 14.2. The summed E-state index contributed by atoms with van der Waals surface area (Å²) in [5.41, 5.74) is 23.7. The smallest absolute Gasteiger partial charge is 0.333 e. The fraction of sp³-hybridized carbons (Fsp3) is 0.0169. The summed E-state index contributed by atoms with van der Waals surface area (Å²) in [6, 6.07) is 84.2. The van der Waals surface area contributed by atoms with Gasteiger partial charge in [0.2, 0.25) is 0 Å². The Morgan fingerprint density at radius 1 is 0.355 bits per heavy atom. The Hall–Kier alpha value is -7.88. The molecule has 0 saturated carbocycles. The highest BCUT2D eigenvalue weighted by atomic mass is 15.2. The summed E-state index contributed by atoms with van der Waals surface area (Å²) in [5.74, 6) is 0. The lowest BCUT2D eigenvalue weighted by molar-refractivity contribution is 0.754. The van der Waals surface area contributed by atoms with Gasteiger partial charge in [-0.2, -0.15) is 0 Å². The van der Waals surface area contributed by atoms with Gasteiger partial charge in [0.15, 0.2) is 0 Å². The number of nitrogens with zero attached hydrogens (tertiary/aromatic N) is 2. The average Bonchev–Trinajstić information content (AvgIpc) is 3.64. The van der Waals surface area contributed by atoms with Crippen molar-refractivity contribution in [2.45, 2.75) is 5.41 Å². The van der Waals surface area contributed by atoms with Crippen molar-refractivity contribution in [2.24, 2.45) is 0 Å². The molecule has 0 saturated heterocycles. The summed E-state index contributed by atoms with van der Waals surface area (Å²) >= 11 is 0. The van der Waals surface area contributed by atoms with Crippen molar-refractivity contribution in [1.29, 1.82) is 0 Å². The molecule has 3 aliphatic heterocycles. The Morgan fingerprint density at radius 3 is 1.68 bits per heavy atom. The number of anilines is 5. The first-order valence-electron chi connectivity index (χ1n) is 21.7. The molecule has 62 heavy (non-hydrogen) atoms. The fourth-order valence-corrected chi connectivity index (χ4v) is 11.8. The molecule has 1 aliphatic carbocycles. The van der Waals surface area contributed by atoms with Crippen molar-refractivity contribution < 1.29 is 0 Å². The SMILES string of the molecule is c1ccc(-c2ccc(N3B4c5cccc6c5N(c5ccccc5C65c6ccccc6-c6ccccc65)c5c4c(cc4ccccc54)-c4ccc(-c5ccccc5)cc43)cc2)cc1. The van der Waals surface area contributed by atoms with Gasteiger partial charge in [0, 0.05) is 28.0 Å². The molecule has 4 aliphatic rings. The Morgan fingerprint density at radius 2 is 0.935 bits per heavy atom. The molecular formula is C59H37BN2. The van der Waals surface area contributed by atoms with Crippen LogP contribution in [0.3, 0.4) is 0 Å². The van der Waals surface area contributed by atoms with Gasteiger partial charge in [-0.1, -0.05) is 194 Å². The lowest BCUT2D eigenvalue weighted by Gasteiger charge is -2.51. The monoisotopic (exact) mass is 784 g/mol. The van der Waals surface area contributed by atoms with Gasteiger partial charge >= 0.3 is 6.85 Å². The zero-order valence-corrected chi connectivity index (χ0v) is 33.8. The molecular weight excluding hydrogens is 747 g/mol. The number of hydrogen-bond donors (Lipinski definition) is 0. The molecule has 14 rings (SSSR count). The van der Waals surface area contributed by atoms with E-state index in [-0.39, 0.29) is 6.85 Å². The van der Waals surface area contributed by atoms with Gasteiger partial charge in [-0.05, 0) is 108 Å². The average molecular weight is 785 g/mol. The summed E-state index contributed by atoms with van der Waals surface area (Å²) in [5, 5.41) is 2.51. The second-order valence-electron chi connectivity index (χ2n) is 17.1. The summed E-state index contributed by atoms with van der Waals surface area (Å²) < 4.78 is 0. The minimum absolute atomic E-state index is 0.119. The fourth-order valence-electron chi connectivity index (χ4n) is 11.8. The van der Waals surface area contributed by atoms with Crippen LogP contribution in [-0.2, 0) is 5.41 Å². The predicted octanol–water partition coefficient (Wildman–Crippen LogP) is 13.6. The van der Waals surface area contributed by atoms with Gasteiger partial charge in [-0.3, -0.25) is 0 Å². The van der Waals surface area contributed by atoms with Gasteiger partial charge in [-0.25, -0.2) is 0 Å². The molecule has 2 nitrogen and oxygen atoms in total. The molecule has 10 aromatic rings. The molecule has 3 heterocycles. The highest BCUT2D eigenvalue weighted by molar-refractivity contribution is 6.94. The second-order valence-corrected chi connectivity index (χ2v) is 17.1. The third kappa shape index (κ3) is 4.34. The van der Waals surface area contributed by atoms with Gasteiger partial charge in [0.1, 0.15) is 0 Å². The van der Waals surface area contributed by atoms with Crippen LogP contribution in [0.15, 0.2) is 224 Å². The van der Waals surface area contributed by atoms with Crippen molar-refractivity contribution >= 4 is 57.0 Å². The van der Waals surface area contributed by atoms with E-state index in [1.807, 2.05) is 0 Å². The molecule has 1 spiro atoms. The molecule has 0 amide bonds. The van der Waals surface area contributed by atoms with Gasteiger partial charge in [-0.15, -0.1) is 0 Å². The maximum absolute atomic E-state index is 2.66. The van der Waals surface area contributed by atoms with E-state index in [0.29, 0.717) is 0 Å². The third-order valence-electron chi connectivity index (χ3n) is 14.2. The van der Waals surface area contributed by atoms with Crippen molar-refractivity contribution in [3.8, 4) is 44.5 Å². The first-order valence-corrected chi connectivity index (χ1v) is 21.7. The molecule has 0 radical (unpaired) electrons. The third-order valence-corrected chi connectivity index (χ3v) is 14.2. The minimum atomic E-state index is -0.508. The van der Waals surface area contributed by atoms with Crippen molar-refractivity contribution in [1.82, 2.24) is 0 Å². The first kappa shape index (κ1) is 33.9. The lowest BCUT2D eigenvalue weighted by Crippen LogP contribution is -2.62. The van der Waals surface area contributed by atoms with Crippen LogP contribution < -0.4 is 20.6 Å². The van der Waals surface area contributed by atoms with Crippen LogP contribution in [0.4, 0.5) is 28.4 Å². The number of benzene rings is 10. The van der Waals surface area contributed by atoms with Crippen LogP contribution in [0.1, 0.15) is 22.3 Å². The van der Waals surface area contributed by atoms with E-state index >= 15 is 0 Å². The molecule has 0 atom stereocenters. The topological polar surface area (TPSA) is 6.48 Å². The maximum Gasteiger partial charge on any atom is 0.333 e. The Labute approximate surface area is 361 Å². The molecule has 10 aromatic carbocycles. The van der Waals surface area contributed by atoms with Gasteiger partial charge in [0.05, 0.1) is 16.8 Å². The van der Waals surface area contributed by atoms with Gasteiger partial charge in [0.25, 0.3) is 0 Å². The summed E-state index contributed by atoms with van der Waals surface area (Å²) in [6.45, 7) is -0.119. The Kier molecular flexibility index (Phi) is 6.88. The number of rotatable bonds is 3. The van der Waals surface area contributed by atoms with E-state index in [9.17, 15) is 0 Å². The molecule has 0 unspecified atom stereocenters. The first-order chi connectivity index (χ1) is 30.8. The van der Waals surface area contributed by atoms with E-state index in [2.05, 4.69) is 234 Å². The quantitative estimate of drug-likeness (QED) is 0.165. The van der Waals surface area contributed by atoms with E-state index in [1.54, 1.807) is 0 Å². The molecule has 0 aromatic heterocycles. The van der Waals surface area contributed by atoms with E-state index in [0.717, 1.165) is 0 Å². The maximum atomic E-state index is 2.66. The summed E-state index contributed by atoms with van der Waals surface area (Å²) in [6.07, 6.45) is 0. The van der Waals surface area contributed by atoms with Crippen LogP contribution >= 0.6 is 0 Å². The Bertz CT molecular complexity index is 3440. The molecule has 0 N–H and O–H groups in total. The summed E-state index contributed by atoms with van der Waals surface area (Å²) in [7, 11) is 0. The zero-order chi connectivity index (χ0) is 40.5. The van der Waals surface area contributed by atoms with E-state index in [1.165, 1.54) is 117 Å². The highest BCUT2D eigenvalue weighted by Crippen LogP contribution is 2.64. The van der Waals surface area contributed by atoms with E-state index < -0.39 is 5.41 Å². The second kappa shape index (κ2) is 12.6. The van der Waals surface area contributed by atoms with Crippen molar-refractivity contribution in [3.05, 3.63) is 247 Å². The Balaban J connectivity index is 1.13. The number of hydrogen-bond acceptors (Lipinski definition) is 2. The largest absolute Gasteiger partial charge is 0.376 e. The molecule has 0 fully saturated rings. The highest BCUT2D eigenvalue weighted by Gasteiger charge is 2.55. The number of para-hydroxylation sites is 2. The van der Waals surface area contributed by atoms with Crippen LogP contribution in [0, 0.1) is 0 Å². The number of fused-ring (bicyclic) bond motifs is 15. The lowest BCUT2D eigenvalue weighted by atomic mass is 9.42. The standard InChI is InChI=1S/C59H37BN2/c1-3-16-38(17-4-1)40-30-33-43(34-31-40)62-55-37-41(39-18-5-2-6-19-39)32-35-47(55)48-36-42-20-7-8-21-44(42)57-56(48)60(62)53-28-15-27-52-58(53)61(57)54-29-14-13-26-51(54)59(52)49-24-11-9-22-45(49)46-23-10-12-25-50(46)59/h1-37H. The van der Waals surface area contributed by atoms with Crippen molar-refractivity contribution in [3.63, 3.8) is 0 Å². The molecule has 286 valence electrons. The van der Waals surface area contributed by atoms with Crippen LogP contribution in [0.5, 0.6) is 0 Å².